The number of aryl methyl sites for hydroxylation is 1. The normalized spacial score (nSPS) is 20.0. The van der Waals surface area contributed by atoms with E-state index in [0.717, 1.165) is 50.9 Å². The maximum atomic E-state index is 5.78. The summed E-state index contributed by atoms with van der Waals surface area (Å²) in [5.74, 6) is 2.02. The van der Waals surface area contributed by atoms with E-state index in [4.69, 9.17) is 14.5 Å². The molecule has 0 bridgehead atoms. The molecule has 4 rings (SSSR count). The molecule has 1 atom stereocenters. The van der Waals surface area contributed by atoms with E-state index in [-0.39, 0.29) is 6.10 Å². The molecular weight excluding hydrogens is 390 g/mol. The summed E-state index contributed by atoms with van der Waals surface area (Å²) in [4.78, 5) is 14.1. The Morgan fingerprint density at radius 1 is 1.13 bits per heavy atom. The second kappa shape index (κ2) is 11.1. The van der Waals surface area contributed by atoms with Gasteiger partial charge in [-0.3, -0.25) is 4.99 Å². The number of pyridine rings is 1. The van der Waals surface area contributed by atoms with E-state index in [2.05, 4.69) is 63.4 Å². The van der Waals surface area contributed by atoms with E-state index in [9.17, 15) is 0 Å². The van der Waals surface area contributed by atoms with Crippen LogP contribution in [-0.2, 0) is 15.9 Å². The zero-order valence-corrected chi connectivity index (χ0v) is 18.4. The molecule has 1 aromatic heterocycles. The minimum absolute atomic E-state index is 0.0393. The molecule has 2 aromatic rings. The Morgan fingerprint density at radius 3 is 2.71 bits per heavy atom. The molecule has 0 unspecified atom stereocenters. The number of ether oxygens (including phenoxy) is 2. The molecule has 3 heterocycles. The van der Waals surface area contributed by atoms with Crippen LogP contribution in [0, 0.1) is 6.92 Å². The van der Waals surface area contributed by atoms with Crippen molar-refractivity contribution >= 4 is 11.8 Å². The Hall–Kier alpha value is -2.64. The average molecular weight is 424 g/mol. The minimum Gasteiger partial charge on any atom is -0.376 e. The van der Waals surface area contributed by atoms with Crippen molar-refractivity contribution in [3.63, 3.8) is 0 Å². The summed E-state index contributed by atoms with van der Waals surface area (Å²) in [6, 6.07) is 14.8. The van der Waals surface area contributed by atoms with Crippen LogP contribution in [-0.4, -0.2) is 81.0 Å². The van der Waals surface area contributed by atoms with Gasteiger partial charge in [-0.05, 0) is 36.6 Å². The SMILES string of the molecule is Cc1ccnc(N2CCN(C(=NC[C@H]3COCCO3)NCCc3ccccc3)CC2)c1. The second-order valence-electron chi connectivity index (χ2n) is 8.06. The average Bonchev–Trinajstić information content (AvgIpc) is 2.83. The topological polar surface area (TPSA) is 62.2 Å². The first-order valence-electron chi connectivity index (χ1n) is 11.2. The van der Waals surface area contributed by atoms with E-state index >= 15 is 0 Å². The lowest BCUT2D eigenvalue weighted by Gasteiger charge is -2.37. The number of aliphatic imine (C=N–C) groups is 1. The molecule has 0 amide bonds. The number of anilines is 1. The molecule has 0 aliphatic carbocycles. The Kier molecular flexibility index (Phi) is 7.74. The van der Waals surface area contributed by atoms with Crippen molar-refractivity contribution in [2.24, 2.45) is 4.99 Å². The van der Waals surface area contributed by atoms with Crippen LogP contribution in [0.1, 0.15) is 11.1 Å². The third-order valence-corrected chi connectivity index (χ3v) is 5.67. The second-order valence-corrected chi connectivity index (χ2v) is 8.06. The molecule has 0 spiro atoms. The molecule has 7 heteroatoms. The lowest BCUT2D eigenvalue weighted by atomic mass is 10.1. The summed E-state index contributed by atoms with van der Waals surface area (Å²) in [6.45, 7) is 9.21. The zero-order valence-electron chi connectivity index (χ0n) is 18.4. The minimum atomic E-state index is 0.0393. The monoisotopic (exact) mass is 423 g/mol. The quantitative estimate of drug-likeness (QED) is 0.567. The molecule has 1 aromatic carbocycles. The predicted octanol–water partition coefficient (Wildman–Crippen LogP) is 2.12. The van der Waals surface area contributed by atoms with Crippen molar-refractivity contribution < 1.29 is 9.47 Å². The fourth-order valence-corrected chi connectivity index (χ4v) is 3.90. The summed E-state index contributed by atoms with van der Waals surface area (Å²) in [7, 11) is 0. The van der Waals surface area contributed by atoms with Crippen LogP contribution in [0.5, 0.6) is 0 Å². The molecule has 2 fully saturated rings. The van der Waals surface area contributed by atoms with Crippen LogP contribution < -0.4 is 10.2 Å². The smallest absolute Gasteiger partial charge is 0.194 e. The Labute approximate surface area is 185 Å². The fourth-order valence-electron chi connectivity index (χ4n) is 3.90. The van der Waals surface area contributed by atoms with Crippen LogP contribution in [0.3, 0.4) is 0 Å². The van der Waals surface area contributed by atoms with E-state index < -0.39 is 0 Å². The van der Waals surface area contributed by atoms with Gasteiger partial charge in [0.2, 0.25) is 0 Å². The van der Waals surface area contributed by atoms with E-state index in [1.165, 1.54) is 11.1 Å². The number of rotatable bonds is 6. The maximum Gasteiger partial charge on any atom is 0.194 e. The molecule has 2 saturated heterocycles. The Bertz CT molecular complexity index is 831. The first-order valence-corrected chi connectivity index (χ1v) is 11.2. The number of nitrogens with one attached hydrogen (secondary N) is 1. The summed E-state index contributed by atoms with van der Waals surface area (Å²) in [5.41, 5.74) is 2.57. The lowest BCUT2D eigenvalue weighted by molar-refractivity contribution is -0.0833. The summed E-state index contributed by atoms with van der Waals surface area (Å²) in [6.07, 6.45) is 2.90. The third-order valence-electron chi connectivity index (χ3n) is 5.67. The number of nitrogens with zero attached hydrogens (tertiary/aromatic N) is 4. The summed E-state index contributed by atoms with van der Waals surface area (Å²) in [5, 5.41) is 3.59. The fraction of sp³-hybridized carbons (Fsp3) is 0.500. The van der Waals surface area contributed by atoms with Crippen molar-refractivity contribution in [3.8, 4) is 0 Å². The number of benzene rings is 1. The highest BCUT2D eigenvalue weighted by Gasteiger charge is 2.22. The maximum absolute atomic E-state index is 5.78. The van der Waals surface area contributed by atoms with Crippen LogP contribution in [0.15, 0.2) is 53.7 Å². The molecule has 1 N–H and O–H groups in total. The molecule has 2 aliphatic rings. The summed E-state index contributed by atoms with van der Waals surface area (Å²) < 4.78 is 11.3. The van der Waals surface area contributed by atoms with Gasteiger partial charge in [0.25, 0.3) is 0 Å². The predicted molar refractivity (Wildman–Crippen MR) is 124 cm³/mol. The number of aromatic nitrogens is 1. The van der Waals surface area contributed by atoms with Gasteiger partial charge in [-0.1, -0.05) is 30.3 Å². The van der Waals surface area contributed by atoms with Gasteiger partial charge >= 0.3 is 0 Å². The van der Waals surface area contributed by atoms with Gasteiger partial charge in [-0.15, -0.1) is 0 Å². The highest BCUT2D eigenvalue weighted by molar-refractivity contribution is 5.80. The first kappa shape index (κ1) is 21.6. The van der Waals surface area contributed by atoms with Crippen molar-refractivity contribution in [1.29, 1.82) is 0 Å². The number of hydrogen-bond donors (Lipinski definition) is 1. The lowest BCUT2D eigenvalue weighted by Crippen LogP contribution is -2.53. The third kappa shape index (κ3) is 6.42. The Balaban J connectivity index is 1.36. The van der Waals surface area contributed by atoms with Crippen LogP contribution in [0.25, 0.3) is 0 Å². The zero-order chi connectivity index (χ0) is 21.3. The van der Waals surface area contributed by atoms with Crippen molar-refractivity contribution in [3.05, 3.63) is 59.8 Å². The summed E-state index contributed by atoms with van der Waals surface area (Å²) >= 11 is 0. The molecule has 0 saturated carbocycles. The van der Waals surface area contributed by atoms with Crippen molar-refractivity contribution in [2.75, 3.05) is 64.0 Å². The van der Waals surface area contributed by atoms with E-state index in [1.807, 2.05) is 12.3 Å². The highest BCUT2D eigenvalue weighted by atomic mass is 16.6. The van der Waals surface area contributed by atoms with Gasteiger partial charge in [0, 0.05) is 38.9 Å². The number of guanidine groups is 1. The van der Waals surface area contributed by atoms with Gasteiger partial charge in [0.1, 0.15) is 11.9 Å². The van der Waals surface area contributed by atoms with Gasteiger partial charge in [0.15, 0.2) is 5.96 Å². The largest absolute Gasteiger partial charge is 0.376 e. The Morgan fingerprint density at radius 2 is 1.97 bits per heavy atom. The highest BCUT2D eigenvalue weighted by Crippen LogP contribution is 2.15. The molecule has 7 nitrogen and oxygen atoms in total. The number of piperazine rings is 1. The van der Waals surface area contributed by atoms with Gasteiger partial charge < -0.3 is 24.6 Å². The van der Waals surface area contributed by atoms with Gasteiger partial charge in [0.05, 0.1) is 26.4 Å². The molecule has 2 aliphatic heterocycles. The standard InChI is InChI=1S/C24H33N5O2/c1-20-7-9-25-23(17-20)28-11-13-29(14-12-28)24(27-18-22-19-30-15-16-31-22)26-10-8-21-5-3-2-4-6-21/h2-7,9,17,22H,8,10-16,18-19H2,1H3,(H,26,27)/t22-/m0/s1. The van der Waals surface area contributed by atoms with E-state index in [1.54, 1.807) is 0 Å². The number of hydrogen-bond acceptors (Lipinski definition) is 5. The van der Waals surface area contributed by atoms with Crippen LogP contribution in [0.4, 0.5) is 5.82 Å². The first-order chi connectivity index (χ1) is 15.3. The van der Waals surface area contributed by atoms with E-state index in [0.29, 0.717) is 26.4 Å². The molecular formula is C24H33N5O2. The van der Waals surface area contributed by atoms with Gasteiger partial charge in [-0.25, -0.2) is 4.98 Å². The molecule has 166 valence electrons. The van der Waals surface area contributed by atoms with Crippen LogP contribution >= 0.6 is 0 Å². The van der Waals surface area contributed by atoms with Gasteiger partial charge in [-0.2, -0.15) is 0 Å². The molecule has 31 heavy (non-hydrogen) atoms. The molecule has 0 radical (unpaired) electrons. The van der Waals surface area contributed by atoms with Crippen LogP contribution in [0.2, 0.25) is 0 Å². The van der Waals surface area contributed by atoms with Crippen molar-refractivity contribution in [2.45, 2.75) is 19.4 Å². The van der Waals surface area contributed by atoms with Crippen molar-refractivity contribution in [1.82, 2.24) is 15.2 Å².